The summed E-state index contributed by atoms with van der Waals surface area (Å²) in [7, 11) is -3.68. The fraction of sp³-hybridized carbons (Fsp3) is 0.263. The molecule has 0 aliphatic heterocycles. The van der Waals surface area contributed by atoms with Crippen LogP contribution in [0, 0.1) is 6.92 Å². The van der Waals surface area contributed by atoms with E-state index in [0.29, 0.717) is 6.54 Å². The van der Waals surface area contributed by atoms with Gasteiger partial charge < -0.3 is 10.1 Å². The number of carbonyl (C=O) groups excluding carboxylic acids is 2. The van der Waals surface area contributed by atoms with Crippen molar-refractivity contribution in [2.24, 2.45) is 0 Å². The molecule has 0 heterocycles. The fourth-order valence-corrected chi connectivity index (χ4v) is 3.32. The van der Waals surface area contributed by atoms with E-state index in [4.69, 9.17) is 4.74 Å². The molecule has 0 aliphatic rings. The summed E-state index contributed by atoms with van der Waals surface area (Å²) in [6.45, 7) is 3.74. The van der Waals surface area contributed by atoms with Crippen molar-refractivity contribution in [1.29, 1.82) is 0 Å². The zero-order valence-corrected chi connectivity index (χ0v) is 16.0. The summed E-state index contributed by atoms with van der Waals surface area (Å²) < 4.78 is 31.3. The number of sulfonamides is 1. The van der Waals surface area contributed by atoms with Crippen LogP contribution in [-0.2, 0) is 26.1 Å². The lowest BCUT2D eigenvalue weighted by Crippen LogP contribution is -2.28. The highest BCUT2D eigenvalue weighted by molar-refractivity contribution is 7.89. The summed E-state index contributed by atoms with van der Waals surface area (Å²) in [6.07, 6.45) is 0. The van der Waals surface area contributed by atoms with Crippen molar-refractivity contribution in [1.82, 2.24) is 10.0 Å². The van der Waals surface area contributed by atoms with E-state index in [1.54, 1.807) is 6.92 Å². The highest BCUT2D eigenvalue weighted by Gasteiger charge is 2.16. The van der Waals surface area contributed by atoms with Crippen LogP contribution in [-0.4, -0.2) is 33.4 Å². The summed E-state index contributed by atoms with van der Waals surface area (Å²) >= 11 is 0. The molecule has 0 saturated carbocycles. The summed E-state index contributed by atoms with van der Waals surface area (Å²) in [5.74, 6) is -1.21. The van der Waals surface area contributed by atoms with Crippen molar-refractivity contribution >= 4 is 21.9 Å². The summed E-state index contributed by atoms with van der Waals surface area (Å²) in [5, 5.41) is 2.66. The molecule has 0 bridgehead atoms. The fourth-order valence-electron chi connectivity index (χ4n) is 2.24. The Labute approximate surface area is 158 Å². The van der Waals surface area contributed by atoms with Crippen LogP contribution in [0.3, 0.4) is 0 Å². The molecule has 0 aromatic heterocycles. The molecule has 2 aromatic rings. The van der Waals surface area contributed by atoms with Crippen LogP contribution in [0.15, 0.2) is 53.4 Å². The van der Waals surface area contributed by atoms with E-state index in [0.717, 1.165) is 11.1 Å². The van der Waals surface area contributed by atoms with Gasteiger partial charge in [-0.3, -0.25) is 4.79 Å². The number of carbonyl (C=O) groups is 2. The van der Waals surface area contributed by atoms with Crippen molar-refractivity contribution in [2.75, 3.05) is 13.2 Å². The van der Waals surface area contributed by atoms with Crippen LogP contribution in [0.1, 0.15) is 28.4 Å². The van der Waals surface area contributed by atoms with Gasteiger partial charge in [-0.25, -0.2) is 17.9 Å². The van der Waals surface area contributed by atoms with Gasteiger partial charge in [-0.1, -0.05) is 42.8 Å². The van der Waals surface area contributed by atoms with Gasteiger partial charge >= 0.3 is 5.97 Å². The molecule has 0 radical (unpaired) electrons. The Morgan fingerprint density at radius 1 is 1.07 bits per heavy atom. The first-order valence-electron chi connectivity index (χ1n) is 8.41. The molecule has 2 rings (SSSR count). The minimum atomic E-state index is -3.68. The van der Waals surface area contributed by atoms with E-state index in [2.05, 4.69) is 10.0 Å². The SMILES string of the molecule is CCNS(=O)(=O)c1cccc(C(=O)OCC(=O)NCc2ccc(C)cc2)c1. The number of hydrogen-bond donors (Lipinski definition) is 2. The first-order valence-corrected chi connectivity index (χ1v) is 9.89. The number of ether oxygens (including phenoxy) is 1. The Balaban J connectivity index is 1.89. The van der Waals surface area contributed by atoms with Crippen LogP contribution in [0.25, 0.3) is 0 Å². The standard InChI is InChI=1S/C19H22N2O5S/c1-3-21-27(24,25)17-6-4-5-16(11-17)19(23)26-13-18(22)20-12-15-9-7-14(2)8-10-15/h4-11,21H,3,12-13H2,1-2H3,(H,20,22). The van der Waals surface area contributed by atoms with Crippen LogP contribution < -0.4 is 10.0 Å². The lowest BCUT2D eigenvalue weighted by atomic mass is 10.1. The molecule has 8 heteroatoms. The molecule has 144 valence electrons. The number of benzene rings is 2. The third-order valence-electron chi connectivity index (χ3n) is 3.66. The first kappa shape index (κ1) is 20.6. The zero-order chi connectivity index (χ0) is 19.9. The smallest absolute Gasteiger partial charge is 0.338 e. The van der Waals surface area contributed by atoms with Crippen LogP contribution >= 0.6 is 0 Å². The molecule has 0 fully saturated rings. The second-order valence-corrected chi connectivity index (χ2v) is 7.63. The zero-order valence-electron chi connectivity index (χ0n) is 15.2. The van der Waals surface area contributed by atoms with E-state index in [9.17, 15) is 18.0 Å². The van der Waals surface area contributed by atoms with Crippen molar-refractivity contribution in [3.63, 3.8) is 0 Å². The van der Waals surface area contributed by atoms with E-state index < -0.39 is 28.5 Å². The average Bonchev–Trinajstić information content (AvgIpc) is 2.65. The Morgan fingerprint density at radius 3 is 2.44 bits per heavy atom. The summed E-state index contributed by atoms with van der Waals surface area (Å²) in [4.78, 5) is 23.9. The third kappa shape index (κ3) is 6.19. The Bertz CT molecular complexity index is 908. The minimum Gasteiger partial charge on any atom is -0.452 e. The molecule has 27 heavy (non-hydrogen) atoms. The quantitative estimate of drug-likeness (QED) is 0.669. The van der Waals surface area contributed by atoms with Gasteiger partial charge in [0.2, 0.25) is 10.0 Å². The number of hydrogen-bond acceptors (Lipinski definition) is 5. The van der Waals surface area contributed by atoms with Crippen LogP contribution in [0.5, 0.6) is 0 Å². The van der Waals surface area contributed by atoms with Crippen LogP contribution in [0.4, 0.5) is 0 Å². The molecule has 2 aromatic carbocycles. The van der Waals surface area contributed by atoms with Crippen molar-refractivity contribution in [3.05, 3.63) is 65.2 Å². The van der Waals surface area contributed by atoms with Gasteiger partial charge in [0.25, 0.3) is 5.91 Å². The number of rotatable bonds is 8. The number of esters is 1. The van der Waals surface area contributed by atoms with E-state index in [-0.39, 0.29) is 17.0 Å². The highest BCUT2D eigenvalue weighted by Crippen LogP contribution is 2.12. The maximum absolute atomic E-state index is 12.1. The largest absolute Gasteiger partial charge is 0.452 e. The second kappa shape index (κ2) is 9.29. The normalized spacial score (nSPS) is 11.0. The molecule has 0 atom stereocenters. The third-order valence-corrected chi connectivity index (χ3v) is 5.20. The minimum absolute atomic E-state index is 0.0392. The molecular weight excluding hydrogens is 368 g/mol. The number of aryl methyl sites for hydroxylation is 1. The molecule has 0 spiro atoms. The predicted octanol–water partition coefficient (Wildman–Crippen LogP) is 1.77. The Morgan fingerprint density at radius 2 is 1.78 bits per heavy atom. The lowest BCUT2D eigenvalue weighted by molar-refractivity contribution is -0.124. The molecular formula is C19H22N2O5S. The predicted molar refractivity (Wildman–Crippen MR) is 101 cm³/mol. The monoisotopic (exact) mass is 390 g/mol. The molecule has 7 nitrogen and oxygen atoms in total. The van der Waals surface area contributed by atoms with Gasteiger partial charge in [0.15, 0.2) is 6.61 Å². The molecule has 0 saturated heterocycles. The number of nitrogens with one attached hydrogen (secondary N) is 2. The molecule has 1 amide bonds. The second-order valence-electron chi connectivity index (χ2n) is 5.87. The molecule has 2 N–H and O–H groups in total. The Kier molecular flexibility index (Phi) is 7.09. The van der Waals surface area contributed by atoms with Gasteiger partial charge in [0, 0.05) is 13.1 Å². The first-order chi connectivity index (χ1) is 12.8. The van der Waals surface area contributed by atoms with Gasteiger partial charge in [-0.15, -0.1) is 0 Å². The van der Waals surface area contributed by atoms with E-state index in [1.165, 1.54) is 24.3 Å². The van der Waals surface area contributed by atoms with E-state index in [1.807, 2.05) is 31.2 Å². The topological polar surface area (TPSA) is 102 Å². The summed E-state index contributed by atoms with van der Waals surface area (Å²) in [6, 6.07) is 13.1. The van der Waals surface area contributed by atoms with Crippen molar-refractivity contribution in [3.8, 4) is 0 Å². The molecule has 0 aliphatic carbocycles. The van der Waals surface area contributed by atoms with Gasteiger partial charge in [0.1, 0.15) is 0 Å². The number of amides is 1. The van der Waals surface area contributed by atoms with Crippen molar-refractivity contribution in [2.45, 2.75) is 25.3 Å². The summed E-state index contributed by atoms with van der Waals surface area (Å²) in [5.41, 5.74) is 2.11. The van der Waals surface area contributed by atoms with Crippen LogP contribution in [0.2, 0.25) is 0 Å². The van der Waals surface area contributed by atoms with Gasteiger partial charge in [-0.2, -0.15) is 0 Å². The van der Waals surface area contributed by atoms with E-state index >= 15 is 0 Å². The van der Waals surface area contributed by atoms with Gasteiger partial charge in [-0.05, 0) is 30.7 Å². The van der Waals surface area contributed by atoms with Gasteiger partial charge in [0.05, 0.1) is 10.5 Å². The highest BCUT2D eigenvalue weighted by atomic mass is 32.2. The maximum atomic E-state index is 12.1. The Hall–Kier alpha value is -2.71. The average molecular weight is 390 g/mol. The molecule has 0 unspecified atom stereocenters. The maximum Gasteiger partial charge on any atom is 0.338 e. The lowest BCUT2D eigenvalue weighted by Gasteiger charge is -2.08. The van der Waals surface area contributed by atoms with Crippen molar-refractivity contribution < 1.29 is 22.7 Å².